The lowest BCUT2D eigenvalue weighted by molar-refractivity contribution is -0.137. The molecule has 0 atom stereocenters. The van der Waals surface area contributed by atoms with Gasteiger partial charge in [-0.15, -0.1) is 0 Å². The van der Waals surface area contributed by atoms with Gasteiger partial charge in [0, 0.05) is 32.6 Å². The van der Waals surface area contributed by atoms with E-state index < -0.39 is 5.97 Å². The van der Waals surface area contributed by atoms with Crippen molar-refractivity contribution >= 4 is 5.97 Å². The average Bonchev–Trinajstić information content (AvgIpc) is 2.72. The molecule has 4 heteroatoms. The topological polar surface area (TPSA) is 61.4 Å². The zero-order valence-electron chi connectivity index (χ0n) is 17.9. The van der Waals surface area contributed by atoms with E-state index in [9.17, 15) is 4.79 Å². The van der Waals surface area contributed by atoms with Gasteiger partial charge in [-0.1, -0.05) is 68.4 Å². The number of nitrogens with one attached hydrogen (secondary N) is 2. The first-order chi connectivity index (χ1) is 13.8. The molecule has 0 aromatic carbocycles. The van der Waals surface area contributed by atoms with Gasteiger partial charge in [-0.25, -0.2) is 0 Å². The van der Waals surface area contributed by atoms with Crippen molar-refractivity contribution in [1.82, 2.24) is 10.6 Å². The van der Waals surface area contributed by atoms with Gasteiger partial charge in [0.2, 0.25) is 0 Å². The predicted octanol–water partition coefficient (Wildman–Crippen LogP) is 5.40. The van der Waals surface area contributed by atoms with E-state index in [0.29, 0.717) is 0 Å². The van der Waals surface area contributed by atoms with Crippen LogP contribution in [-0.2, 0) is 4.79 Å². The summed E-state index contributed by atoms with van der Waals surface area (Å²) in [5.74, 6) is -0.712. The normalized spacial score (nSPS) is 14.9. The second kappa shape index (κ2) is 23.4. The third-order valence-corrected chi connectivity index (χ3v) is 4.18. The number of carboxylic acids is 1. The second-order valence-corrected chi connectivity index (χ2v) is 6.87. The molecule has 0 spiro atoms. The van der Waals surface area contributed by atoms with Gasteiger partial charge in [-0.3, -0.25) is 4.79 Å². The minimum absolute atomic E-state index is 0.262. The highest BCUT2D eigenvalue weighted by Crippen LogP contribution is 2.01. The Balaban J connectivity index is 0.00000102. The predicted molar refractivity (Wildman–Crippen MR) is 122 cm³/mol. The molecule has 0 unspecified atom stereocenters. The van der Waals surface area contributed by atoms with Crippen molar-refractivity contribution in [3.63, 3.8) is 0 Å². The van der Waals surface area contributed by atoms with Crippen LogP contribution in [-0.4, -0.2) is 37.3 Å². The van der Waals surface area contributed by atoms with Crippen LogP contribution in [0.4, 0.5) is 0 Å². The molecule has 160 valence electrons. The highest BCUT2D eigenvalue weighted by Gasteiger charge is 1.93. The zero-order valence-corrected chi connectivity index (χ0v) is 17.9. The molecule has 3 N–H and O–H groups in total. The van der Waals surface area contributed by atoms with Crippen LogP contribution in [0.15, 0.2) is 48.6 Å². The van der Waals surface area contributed by atoms with Crippen molar-refractivity contribution in [3.05, 3.63) is 48.6 Å². The molecule has 1 saturated heterocycles. The summed E-state index contributed by atoms with van der Waals surface area (Å²) < 4.78 is 0. The molecular formula is C24H42N2O2. The van der Waals surface area contributed by atoms with Gasteiger partial charge in [0.15, 0.2) is 0 Å². The monoisotopic (exact) mass is 390 g/mol. The Morgan fingerprint density at radius 2 is 1.14 bits per heavy atom. The number of hydrogen-bond acceptors (Lipinski definition) is 3. The number of piperazine rings is 1. The lowest BCUT2D eigenvalue weighted by Crippen LogP contribution is -2.39. The molecule has 1 heterocycles. The zero-order chi connectivity index (χ0) is 20.5. The largest absolute Gasteiger partial charge is 0.481 e. The number of hydrogen-bond donors (Lipinski definition) is 3. The first kappa shape index (κ1) is 26.4. The first-order valence-corrected chi connectivity index (χ1v) is 11.0. The quantitative estimate of drug-likeness (QED) is 0.275. The number of unbranched alkanes of at least 4 members (excludes halogenated alkanes) is 4. The van der Waals surface area contributed by atoms with Gasteiger partial charge in [0.1, 0.15) is 0 Å². The van der Waals surface area contributed by atoms with Crippen molar-refractivity contribution in [2.45, 2.75) is 71.1 Å². The van der Waals surface area contributed by atoms with Crippen LogP contribution in [0, 0.1) is 0 Å². The summed E-state index contributed by atoms with van der Waals surface area (Å²) in [6, 6.07) is 0. The second-order valence-electron chi connectivity index (χ2n) is 6.87. The lowest BCUT2D eigenvalue weighted by atomic mass is 10.2. The van der Waals surface area contributed by atoms with Gasteiger partial charge in [0.05, 0.1) is 0 Å². The molecule has 0 aliphatic carbocycles. The van der Waals surface area contributed by atoms with E-state index in [0.717, 1.165) is 58.3 Å². The van der Waals surface area contributed by atoms with E-state index >= 15 is 0 Å². The minimum atomic E-state index is -0.712. The van der Waals surface area contributed by atoms with E-state index in [4.69, 9.17) is 5.11 Å². The molecule has 1 aliphatic heterocycles. The number of carbonyl (C=O) groups is 1. The summed E-state index contributed by atoms with van der Waals surface area (Å²) in [6.07, 6.45) is 27.3. The summed E-state index contributed by atoms with van der Waals surface area (Å²) in [4.78, 5) is 10.3. The van der Waals surface area contributed by atoms with Crippen LogP contribution in [0.5, 0.6) is 0 Å². The minimum Gasteiger partial charge on any atom is -0.481 e. The van der Waals surface area contributed by atoms with Crippen LogP contribution in [0.3, 0.4) is 0 Å². The smallest absolute Gasteiger partial charge is 0.303 e. The van der Waals surface area contributed by atoms with E-state index in [-0.39, 0.29) is 6.42 Å². The molecule has 0 amide bonds. The molecule has 1 fully saturated rings. The number of allylic oxidation sites excluding steroid dienone is 8. The maximum atomic E-state index is 10.3. The maximum Gasteiger partial charge on any atom is 0.303 e. The number of rotatable bonds is 14. The fourth-order valence-corrected chi connectivity index (χ4v) is 2.54. The van der Waals surface area contributed by atoms with Gasteiger partial charge in [-0.2, -0.15) is 0 Å². The Morgan fingerprint density at radius 3 is 1.54 bits per heavy atom. The molecule has 0 aromatic rings. The van der Waals surface area contributed by atoms with E-state index in [1.807, 2.05) is 0 Å². The lowest BCUT2D eigenvalue weighted by Gasteiger charge is -2.11. The Labute approximate surface area is 172 Å². The third kappa shape index (κ3) is 24.4. The molecule has 1 rings (SSSR count). The molecule has 0 aromatic heterocycles. The molecule has 28 heavy (non-hydrogen) atoms. The van der Waals surface area contributed by atoms with Crippen LogP contribution in [0.25, 0.3) is 0 Å². The van der Waals surface area contributed by atoms with Crippen LogP contribution >= 0.6 is 0 Å². The van der Waals surface area contributed by atoms with Crippen LogP contribution in [0.2, 0.25) is 0 Å². The molecule has 0 saturated carbocycles. The van der Waals surface area contributed by atoms with E-state index in [1.165, 1.54) is 25.7 Å². The fraction of sp³-hybridized carbons (Fsp3) is 0.625. The summed E-state index contributed by atoms with van der Waals surface area (Å²) in [5, 5.41) is 14.9. The SMILES string of the molecule is C1CNCCN1.CCCCCC=CCC=CCC=CCC=CCCCC(=O)O. The van der Waals surface area contributed by atoms with Crippen LogP contribution < -0.4 is 10.6 Å². The fourth-order valence-electron chi connectivity index (χ4n) is 2.54. The average molecular weight is 391 g/mol. The van der Waals surface area contributed by atoms with E-state index in [1.54, 1.807) is 0 Å². The maximum absolute atomic E-state index is 10.3. The van der Waals surface area contributed by atoms with Gasteiger partial charge in [-0.05, 0) is 44.9 Å². The van der Waals surface area contributed by atoms with Gasteiger partial charge >= 0.3 is 5.97 Å². The van der Waals surface area contributed by atoms with Crippen molar-refractivity contribution < 1.29 is 9.90 Å². The Morgan fingerprint density at radius 1 is 0.714 bits per heavy atom. The Kier molecular flexibility index (Phi) is 22.0. The highest BCUT2D eigenvalue weighted by molar-refractivity contribution is 5.66. The van der Waals surface area contributed by atoms with Crippen molar-refractivity contribution in [2.75, 3.05) is 26.2 Å². The Hall–Kier alpha value is -1.65. The summed E-state index contributed by atoms with van der Waals surface area (Å²) >= 11 is 0. The highest BCUT2D eigenvalue weighted by atomic mass is 16.4. The van der Waals surface area contributed by atoms with Crippen LogP contribution in [0.1, 0.15) is 71.1 Å². The Bertz CT molecular complexity index is 438. The summed E-state index contributed by atoms with van der Waals surface area (Å²) in [6.45, 7) is 6.79. The molecule has 1 aliphatic rings. The molecular weight excluding hydrogens is 348 g/mol. The summed E-state index contributed by atoms with van der Waals surface area (Å²) in [5.41, 5.74) is 0. The molecule has 4 nitrogen and oxygen atoms in total. The first-order valence-electron chi connectivity index (χ1n) is 11.0. The third-order valence-electron chi connectivity index (χ3n) is 4.18. The van der Waals surface area contributed by atoms with E-state index in [2.05, 4.69) is 66.2 Å². The van der Waals surface area contributed by atoms with Gasteiger partial charge < -0.3 is 15.7 Å². The van der Waals surface area contributed by atoms with Crippen molar-refractivity contribution in [2.24, 2.45) is 0 Å². The molecule has 0 bridgehead atoms. The number of carboxylic acid groups (broad SMARTS) is 1. The number of aliphatic carboxylic acids is 1. The van der Waals surface area contributed by atoms with Crippen molar-refractivity contribution in [3.8, 4) is 0 Å². The summed E-state index contributed by atoms with van der Waals surface area (Å²) in [7, 11) is 0. The standard InChI is InChI=1S/C20H32O2.C4H10N2/c1-2-3-4-5-6-7-8-9-10-11-12-13-14-15-16-17-18-19-20(21)22;1-2-6-4-3-5-1/h6-7,9-10,12-13,15-16H,2-5,8,11,14,17-19H2,1H3,(H,21,22);5-6H,1-4H2. The van der Waals surface area contributed by atoms with Crippen molar-refractivity contribution in [1.29, 1.82) is 0 Å². The van der Waals surface area contributed by atoms with Gasteiger partial charge in [0.25, 0.3) is 0 Å². The molecule has 0 radical (unpaired) electrons.